The lowest BCUT2D eigenvalue weighted by atomic mass is 9.79. The molecule has 1 atom stereocenters. The molecule has 0 N–H and O–H groups in total. The van der Waals surface area contributed by atoms with E-state index in [1.165, 1.54) is 5.69 Å². The molecule has 4 nitrogen and oxygen atoms in total. The Labute approximate surface area is 101 Å². The van der Waals surface area contributed by atoms with Crippen molar-refractivity contribution in [1.82, 2.24) is 9.55 Å². The number of hydrogen-bond acceptors (Lipinski definition) is 3. The second kappa shape index (κ2) is 4.50. The number of ether oxygens (including phenoxy) is 1. The molecule has 2 heterocycles. The molecule has 4 heteroatoms. The van der Waals surface area contributed by atoms with Crippen LogP contribution in [0.4, 0.5) is 0 Å². The largest absolute Gasteiger partial charge is 0.370 e. The van der Waals surface area contributed by atoms with E-state index < -0.39 is 0 Å². The number of hydrogen-bond donors (Lipinski definition) is 0. The maximum atomic E-state index is 8.92. The summed E-state index contributed by atoms with van der Waals surface area (Å²) in [6.07, 6.45) is 8.28. The van der Waals surface area contributed by atoms with Crippen molar-refractivity contribution in [3.05, 3.63) is 18.2 Å². The van der Waals surface area contributed by atoms with E-state index in [1.54, 1.807) is 0 Å². The molecule has 90 valence electrons. The number of fused-ring (bicyclic) bond motifs is 1. The van der Waals surface area contributed by atoms with Gasteiger partial charge in [-0.05, 0) is 31.6 Å². The lowest BCUT2D eigenvalue weighted by Gasteiger charge is -2.34. The van der Waals surface area contributed by atoms with E-state index in [-0.39, 0.29) is 12.0 Å². The molecule has 0 saturated heterocycles. The Morgan fingerprint density at radius 3 is 2.94 bits per heavy atom. The monoisotopic (exact) mass is 231 g/mol. The van der Waals surface area contributed by atoms with Gasteiger partial charge in [0.2, 0.25) is 0 Å². The quantitative estimate of drug-likeness (QED) is 0.745. The molecule has 0 radical (unpaired) electrons. The Morgan fingerprint density at radius 2 is 2.18 bits per heavy atom. The van der Waals surface area contributed by atoms with Gasteiger partial charge in [-0.2, -0.15) is 5.26 Å². The van der Waals surface area contributed by atoms with Gasteiger partial charge in [0.15, 0.2) is 0 Å². The van der Waals surface area contributed by atoms with Crippen molar-refractivity contribution in [3.63, 3.8) is 0 Å². The summed E-state index contributed by atoms with van der Waals surface area (Å²) in [5.74, 6) is 0.829. The zero-order valence-electron chi connectivity index (χ0n) is 9.88. The molecular weight excluding hydrogens is 214 g/mol. The molecule has 3 rings (SSSR count). The number of nitriles is 1. The summed E-state index contributed by atoms with van der Waals surface area (Å²) in [6, 6.07) is 2.38. The van der Waals surface area contributed by atoms with Crippen LogP contribution in [0.2, 0.25) is 0 Å². The van der Waals surface area contributed by atoms with Crippen LogP contribution in [0.3, 0.4) is 0 Å². The summed E-state index contributed by atoms with van der Waals surface area (Å²) in [5.41, 5.74) is 1.22. The van der Waals surface area contributed by atoms with Gasteiger partial charge in [-0.25, -0.2) is 4.98 Å². The molecular formula is C13H17N3O. The fourth-order valence-electron chi connectivity index (χ4n) is 3.05. The lowest BCUT2D eigenvalue weighted by Crippen LogP contribution is -2.28. The maximum Gasteiger partial charge on any atom is 0.102 e. The van der Waals surface area contributed by atoms with Crippen molar-refractivity contribution in [1.29, 1.82) is 5.26 Å². The van der Waals surface area contributed by atoms with E-state index in [1.807, 2.05) is 12.5 Å². The number of rotatable bonds is 1. The third kappa shape index (κ3) is 1.96. The van der Waals surface area contributed by atoms with Crippen LogP contribution in [0.25, 0.3) is 0 Å². The van der Waals surface area contributed by atoms with Crippen molar-refractivity contribution in [2.75, 3.05) is 6.61 Å². The van der Waals surface area contributed by atoms with Crippen LogP contribution >= 0.6 is 0 Å². The molecule has 1 unspecified atom stereocenters. The van der Waals surface area contributed by atoms with Crippen molar-refractivity contribution in [2.45, 2.75) is 38.3 Å². The molecule has 1 aromatic heterocycles. The summed E-state index contributed by atoms with van der Waals surface area (Å²) in [6.45, 7) is 1.70. The van der Waals surface area contributed by atoms with Crippen molar-refractivity contribution in [2.24, 2.45) is 11.8 Å². The average molecular weight is 231 g/mol. The van der Waals surface area contributed by atoms with Gasteiger partial charge in [0, 0.05) is 12.5 Å². The molecule has 1 fully saturated rings. The van der Waals surface area contributed by atoms with Crippen LogP contribution in [-0.4, -0.2) is 16.2 Å². The fraction of sp³-hybridized carbons (Fsp3) is 0.692. The van der Waals surface area contributed by atoms with Crippen molar-refractivity contribution >= 4 is 0 Å². The topological polar surface area (TPSA) is 50.8 Å². The number of nitrogens with zero attached hydrogens (tertiary/aromatic N) is 3. The molecule has 1 aliphatic carbocycles. The second-order valence-corrected chi connectivity index (χ2v) is 5.04. The Morgan fingerprint density at radius 1 is 1.35 bits per heavy atom. The molecule has 0 aromatic carbocycles. The van der Waals surface area contributed by atoms with Gasteiger partial charge in [-0.3, -0.25) is 0 Å². The first kappa shape index (κ1) is 10.8. The highest BCUT2D eigenvalue weighted by Crippen LogP contribution is 2.39. The highest BCUT2D eigenvalue weighted by Gasteiger charge is 2.32. The molecule has 0 bridgehead atoms. The number of aromatic nitrogens is 2. The molecule has 0 spiro atoms. The number of imidazole rings is 1. The standard InChI is InChI=1S/C13H17N3O/c14-7-10-1-3-11(4-2-10)13-12-8-15-9-16(12)5-6-17-13/h8-11,13H,1-6H2. The third-order valence-electron chi connectivity index (χ3n) is 4.05. The molecule has 2 aliphatic rings. The molecule has 1 saturated carbocycles. The minimum atomic E-state index is 0.200. The molecule has 1 aromatic rings. The smallest absolute Gasteiger partial charge is 0.102 e. The van der Waals surface area contributed by atoms with Crippen LogP contribution in [0.1, 0.15) is 37.5 Å². The Hall–Kier alpha value is -1.34. The van der Waals surface area contributed by atoms with Crippen LogP contribution in [0.15, 0.2) is 12.5 Å². The summed E-state index contributed by atoms with van der Waals surface area (Å²) in [5, 5.41) is 8.92. The van der Waals surface area contributed by atoms with Gasteiger partial charge < -0.3 is 9.30 Å². The van der Waals surface area contributed by atoms with Crippen LogP contribution in [0, 0.1) is 23.2 Å². The average Bonchev–Trinajstić information content (AvgIpc) is 2.87. The first-order chi connectivity index (χ1) is 8.38. The lowest BCUT2D eigenvalue weighted by molar-refractivity contribution is -0.0298. The summed E-state index contributed by atoms with van der Waals surface area (Å²) >= 11 is 0. The highest BCUT2D eigenvalue weighted by atomic mass is 16.5. The summed E-state index contributed by atoms with van der Waals surface area (Å²) in [4.78, 5) is 4.21. The van der Waals surface area contributed by atoms with Gasteiger partial charge in [-0.15, -0.1) is 0 Å². The summed E-state index contributed by atoms with van der Waals surface area (Å²) < 4.78 is 8.13. The van der Waals surface area contributed by atoms with E-state index in [9.17, 15) is 0 Å². The first-order valence-electron chi connectivity index (χ1n) is 6.39. The Bertz CT molecular complexity index is 426. The zero-order valence-corrected chi connectivity index (χ0v) is 9.88. The zero-order chi connectivity index (χ0) is 11.7. The van der Waals surface area contributed by atoms with E-state index in [4.69, 9.17) is 10.00 Å². The SMILES string of the molecule is N#CC1CCC(C2OCCn3cncc32)CC1. The van der Waals surface area contributed by atoms with Crippen LogP contribution in [-0.2, 0) is 11.3 Å². The molecule has 1 aliphatic heterocycles. The first-order valence-corrected chi connectivity index (χ1v) is 6.39. The molecule has 17 heavy (non-hydrogen) atoms. The maximum absolute atomic E-state index is 8.92. The van der Waals surface area contributed by atoms with Crippen molar-refractivity contribution in [3.8, 4) is 6.07 Å². The Balaban J connectivity index is 1.73. The van der Waals surface area contributed by atoms with Gasteiger partial charge in [0.05, 0.1) is 30.9 Å². The van der Waals surface area contributed by atoms with E-state index in [0.29, 0.717) is 5.92 Å². The van der Waals surface area contributed by atoms with E-state index in [0.717, 1.165) is 38.8 Å². The summed E-state index contributed by atoms with van der Waals surface area (Å²) in [7, 11) is 0. The van der Waals surface area contributed by atoms with Gasteiger partial charge in [0.25, 0.3) is 0 Å². The van der Waals surface area contributed by atoms with Crippen molar-refractivity contribution < 1.29 is 4.74 Å². The predicted molar refractivity (Wildman–Crippen MR) is 62.0 cm³/mol. The minimum absolute atomic E-state index is 0.200. The minimum Gasteiger partial charge on any atom is -0.370 e. The van der Waals surface area contributed by atoms with Gasteiger partial charge in [0.1, 0.15) is 6.10 Å². The predicted octanol–water partition coefficient (Wildman–Crippen LogP) is 2.28. The van der Waals surface area contributed by atoms with Crippen LogP contribution < -0.4 is 0 Å². The highest BCUT2D eigenvalue weighted by molar-refractivity contribution is 5.07. The normalized spacial score (nSPS) is 32.8. The Kier molecular flexibility index (Phi) is 2.86. The van der Waals surface area contributed by atoms with E-state index in [2.05, 4.69) is 15.6 Å². The van der Waals surface area contributed by atoms with E-state index >= 15 is 0 Å². The molecule has 0 amide bonds. The van der Waals surface area contributed by atoms with Crippen LogP contribution in [0.5, 0.6) is 0 Å². The second-order valence-electron chi connectivity index (χ2n) is 5.04. The van der Waals surface area contributed by atoms with Gasteiger partial charge in [-0.1, -0.05) is 0 Å². The third-order valence-corrected chi connectivity index (χ3v) is 4.05. The van der Waals surface area contributed by atoms with Gasteiger partial charge >= 0.3 is 0 Å². The fourth-order valence-corrected chi connectivity index (χ4v) is 3.05.